The van der Waals surface area contributed by atoms with Gasteiger partial charge < -0.3 is 15.5 Å². The molecule has 1 aromatic rings. The molecule has 2 aliphatic rings. The molecule has 134 valence electrons. The predicted octanol–water partition coefficient (Wildman–Crippen LogP) is 1.88. The minimum absolute atomic E-state index is 0.324. The maximum absolute atomic E-state index is 11.4. The molecule has 0 atom stereocenters. The smallest absolute Gasteiger partial charge is 0.277 e. The fourth-order valence-electron chi connectivity index (χ4n) is 3.14. The number of hydrogen-bond acceptors (Lipinski definition) is 5. The van der Waals surface area contributed by atoms with Crippen molar-refractivity contribution in [3.8, 4) is 0 Å². The van der Waals surface area contributed by atoms with Gasteiger partial charge in [-0.1, -0.05) is 19.3 Å². The highest BCUT2D eigenvalue weighted by Crippen LogP contribution is 2.25. The van der Waals surface area contributed by atoms with E-state index in [1.165, 1.54) is 35.5 Å². The third-order valence-electron chi connectivity index (χ3n) is 4.53. The lowest BCUT2D eigenvalue weighted by Crippen LogP contribution is -2.30. The van der Waals surface area contributed by atoms with Gasteiger partial charge in [-0.15, -0.1) is 11.3 Å². The Kier molecular flexibility index (Phi) is 6.74. The average molecular weight is 353 g/mol. The summed E-state index contributed by atoms with van der Waals surface area (Å²) in [4.78, 5) is 31.6. The molecule has 0 radical (unpaired) electrons. The molecule has 2 N–H and O–H groups in total. The first-order chi connectivity index (χ1) is 11.4. The number of thiazole rings is 1. The molecule has 1 fully saturated rings. The monoisotopic (exact) mass is 352 g/mol. The summed E-state index contributed by atoms with van der Waals surface area (Å²) in [7, 11) is 5.75. The van der Waals surface area contributed by atoms with Crippen molar-refractivity contribution in [1.82, 2.24) is 14.8 Å². The molecule has 0 unspecified atom stereocenters. The molecule has 2 amide bonds. The van der Waals surface area contributed by atoms with E-state index in [-0.39, 0.29) is 0 Å². The summed E-state index contributed by atoms with van der Waals surface area (Å²) in [5.41, 5.74) is 6.21. The van der Waals surface area contributed by atoms with Gasteiger partial charge in [-0.2, -0.15) is 0 Å². The number of nitrogens with two attached hydrogens (primary N) is 1. The number of primary amides is 1. The van der Waals surface area contributed by atoms with E-state index < -0.39 is 5.91 Å². The van der Waals surface area contributed by atoms with Crippen molar-refractivity contribution >= 4 is 23.2 Å². The van der Waals surface area contributed by atoms with Crippen LogP contribution in [0.25, 0.3) is 0 Å². The van der Waals surface area contributed by atoms with Gasteiger partial charge in [-0.3, -0.25) is 9.59 Å². The van der Waals surface area contributed by atoms with Gasteiger partial charge in [0.15, 0.2) is 5.01 Å². The number of aromatic nitrogens is 1. The molecule has 6 nitrogen and oxygen atoms in total. The van der Waals surface area contributed by atoms with Crippen LogP contribution in [0, 0.1) is 5.92 Å². The van der Waals surface area contributed by atoms with Crippen molar-refractivity contribution < 1.29 is 9.59 Å². The van der Waals surface area contributed by atoms with Crippen molar-refractivity contribution in [1.29, 1.82) is 0 Å². The van der Waals surface area contributed by atoms with Crippen molar-refractivity contribution in [2.45, 2.75) is 45.1 Å². The van der Waals surface area contributed by atoms with Gasteiger partial charge >= 0.3 is 0 Å². The lowest BCUT2D eigenvalue weighted by molar-refractivity contribution is -0.133. The molecule has 2 heterocycles. The Morgan fingerprint density at radius 2 is 1.92 bits per heavy atom. The fraction of sp³-hybridized carbons (Fsp3) is 0.706. The second-order valence-electron chi connectivity index (χ2n) is 6.81. The molecule has 24 heavy (non-hydrogen) atoms. The number of fused-ring (bicyclic) bond motifs is 1. The molecule has 7 heteroatoms. The zero-order valence-corrected chi connectivity index (χ0v) is 15.7. The third kappa shape index (κ3) is 5.01. The molecular formula is C17H28N4O2S. The van der Waals surface area contributed by atoms with Gasteiger partial charge in [-0.05, 0) is 19.9 Å². The summed E-state index contributed by atoms with van der Waals surface area (Å²) in [6.45, 7) is 1.90. The second-order valence-corrected chi connectivity index (χ2v) is 7.89. The number of nitrogens with zero attached hydrogens (tertiary/aromatic N) is 3. The van der Waals surface area contributed by atoms with Crippen molar-refractivity contribution in [2.75, 3.05) is 27.7 Å². The highest BCUT2D eigenvalue weighted by molar-refractivity contribution is 7.13. The Hall–Kier alpha value is -1.47. The number of rotatable bonds is 2. The molecule has 1 aromatic heterocycles. The SMILES string of the molecule is CN(C)C(=O)C1CCCCC1.CN1CCc2nc(C(N)=O)sc2C1. The van der Waals surface area contributed by atoms with Crippen LogP contribution in [0.15, 0.2) is 0 Å². The van der Waals surface area contributed by atoms with Crippen LogP contribution in [0.5, 0.6) is 0 Å². The zero-order valence-electron chi connectivity index (χ0n) is 14.9. The average Bonchev–Trinajstić information content (AvgIpc) is 2.99. The highest BCUT2D eigenvalue weighted by atomic mass is 32.1. The van der Waals surface area contributed by atoms with Crippen LogP contribution < -0.4 is 5.73 Å². The highest BCUT2D eigenvalue weighted by Gasteiger charge is 2.22. The van der Waals surface area contributed by atoms with Crippen LogP contribution in [-0.2, 0) is 17.8 Å². The first-order valence-corrected chi connectivity index (χ1v) is 9.38. The van der Waals surface area contributed by atoms with Crippen LogP contribution in [-0.4, -0.2) is 54.3 Å². The molecule has 1 aliphatic heterocycles. The molecule has 0 spiro atoms. The summed E-state index contributed by atoms with van der Waals surface area (Å²) in [5, 5.41) is 0.445. The van der Waals surface area contributed by atoms with Gasteiger partial charge in [0.05, 0.1) is 5.69 Å². The first kappa shape index (κ1) is 18.9. The minimum atomic E-state index is -0.415. The van der Waals surface area contributed by atoms with E-state index in [1.807, 2.05) is 14.1 Å². The minimum Gasteiger partial charge on any atom is -0.364 e. The van der Waals surface area contributed by atoms with E-state index in [0.717, 1.165) is 38.0 Å². The predicted molar refractivity (Wildman–Crippen MR) is 95.9 cm³/mol. The van der Waals surface area contributed by atoms with Gasteiger partial charge in [0.2, 0.25) is 5.91 Å². The summed E-state index contributed by atoms with van der Waals surface area (Å²) in [6.07, 6.45) is 6.94. The number of carbonyl (C=O) groups is 2. The Labute approximate surface area is 148 Å². The van der Waals surface area contributed by atoms with Gasteiger partial charge in [-0.25, -0.2) is 4.98 Å². The van der Waals surface area contributed by atoms with E-state index in [4.69, 9.17) is 5.73 Å². The Morgan fingerprint density at radius 1 is 1.25 bits per heavy atom. The van der Waals surface area contributed by atoms with E-state index in [1.54, 1.807) is 4.90 Å². The zero-order chi connectivity index (χ0) is 17.7. The largest absolute Gasteiger partial charge is 0.364 e. The van der Waals surface area contributed by atoms with Crippen molar-refractivity contribution in [3.63, 3.8) is 0 Å². The molecule has 1 saturated carbocycles. The number of hydrogen-bond donors (Lipinski definition) is 1. The van der Waals surface area contributed by atoms with E-state index in [0.29, 0.717) is 16.8 Å². The number of carbonyl (C=O) groups excluding carboxylic acids is 2. The molecule has 1 aliphatic carbocycles. The van der Waals surface area contributed by atoms with Crippen LogP contribution in [0.4, 0.5) is 0 Å². The Balaban J connectivity index is 0.000000177. The van der Waals surface area contributed by atoms with Gasteiger partial charge in [0.1, 0.15) is 0 Å². The topological polar surface area (TPSA) is 79.5 Å². The van der Waals surface area contributed by atoms with E-state index >= 15 is 0 Å². The second kappa shape index (κ2) is 8.58. The summed E-state index contributed by atoms with van der Waals surface area (Å²) < 4.78 is 0. The standard InChI is InChI=1S/C9H17NO.C8H11N3OS/c1-10(2)9(11)8-6-4-3-5-7-8;1-11-3-2-5-6(4-11)13-8(10-5)7(9)12/h8H,3-7H2,1-2H3;2-4H2,1H3,(H2,9,12). The normalized spacial score (nSPS) is 18.3. The van der Waals surface area contributed by atoms with Crippen molar-refractivity contribution in [2.24, 2.45) is 11.7 Å². The summed E-state index contributed by atoms with van der Waals surface area (Å²) in [6, 6.07) is 0. The van der Waals surface area contributed by atoms with Crippen molar-refractivity contribution in [3.05, 3.63) is 15.6 Å². The molecular weight excluding hydrogens is 324 g/mol. The van der Waals surface area contributed by atoms with E-state index in [9.17, 15) is 9.59 Å². The molecule has 3 rings (SSSR count). The van der Waals surface area contributed by atoms with Crippen LogP contribution in [0.1, 0.15) is 52.5 Å². The third-order valence-corrected chi connectivity index (χ3v) is 5.63. The fourth-order valence-corrected chi connectivity index (χ4v) is 4.18. The van der Waals surface area contributed by atoms with Crippen LogP contribution in [0.3, 0.4) is 0 Å². The maximum Gasteiger partial charge on any atom is 0.277 e. The van der Waals surface area contributed by atoms with Gasteiger partial charge in [0, 0.05) is 44.4 Å². The maximum atomic E-state index is 11.4. The first-order valence-electron chi connectivity index (χ1n) is 8.56. The van der Waals surface area contributed by atoms with Crippen LogP contribution >= 0.6 is 11.3 Å². The molecule has 0 bridgehead atoms. The summed E-state index contributed by atoms with van der Waals surface area (Å²) >= 11 is 1.42. The molecule has 0 saturated heterocycles. The van der Waals surface area contributed by atoms with E-state index in [2.05, 4.69) is 16.9 Å². The number of amides is 2. The van der Waals surface area contributed by atoms with Crippen LogP contribution in [0.2, 0.25) is 0 Å². The molecule has 0 aromatic carbocycles. The lowest BCUT2D eigenvalue weighted by atomic mass is 9.88. The Morgan fingerprint density at radius 3 is 2.50 bits per heavy atom. The number of likely N-dealkylation sites (N-methyl/N-ethyl adjacent to an activating group) is 1. The quantitative estimate of drug-likeness (QED) is 0.881. The van der Waals surface area contributed by atoms with Gasteiger partial charge in [0.25, 0.3) is 5.91 Å². The Bertz CT molecular complexity index is 579. The summed E-state index contributed by atoms with van der Waals surface area (Å²) in [5.74, 6) is 0.241. The lowest BCUT2D eigenvalue weighted by Gasteiger charge is -2.23.